The fraction of sp³-hybridized carbons (Fsp3) is 1.00. The molecule has 1 rings (SSSR count). The first-order chi connectivity index (χ1) is 4.76. The van der Waals surface area contributed by atoms with Crippen LogP contribution < -0.4 is 0 Å². The number of hydrogen-bond acceptors (Lipinski definition) is 2. The van der Waals surface area contributed by atoms with Gasteiger partial charge in [0.2, 0.25) is 0 Å². The fourth-order valence-corrected chi connectivity index (χ4v) is 0.818. The maximum atomic E-state index is 5.16. The minimum atomic E-state index is 0.569. The molecule has 1 aliphatic rings. The monoisotopic (exact) mass is 146 g/mol. The maximum Gasteiger partial charge on any atom is 0.0838 e. The predicted molar refractivity (Wildman–Crippen MR) is 42.2 cm³/mol. The molecule has 0 spiro atoms. The normalized spacial score (nSPS) is 28.8. The standard InChI is InChI=1S/C6H12O.C2H6O/c1-3-4-6-5(2)7-6;1-3-2/h5-6H,3-4H2,1-2H3;1-2H3. The molecular weight excluding hydrogens is 128 g/mol. The number of hydrogen-bond donors (Lipinski definition) is 0. The second-order valence-electron chi connectivity index (χ2n) is 2.58. The van der Waals surface area contributed by atoms with Crippen LogP contribution in [0.4, 0.5) is 0 Å². The molecule has 2 heteroatoms. The van der Waals surface area contributed by atoms with E-state index >= 15 is 0 Å². The second kappa shape index (κ2) is 5.69. The minimum absolute atomic E-state index is 0.569. The molecule has 2 unspecified atom stereocenters. The molecule has 1 saturated heterocycles. The van der Waals surface area contributed by atoms with Crippen molar-refractivity contribution >= 4 is 0 Å². The Hall–Kier alpha value is -0.0800. The molecule has 0 amide bonds. The molecule has 1 fully saturated rings. The van der Waals surface area contributed by atoms with E-state index in [1.807, 2.05) is 0 Å². The highest BCUT2D eigenvalue weighted by molar-refractivity contribution is 4.78. The van der Waals surface area contributed by atoms with Crippen molar-refractivity contribution in [2.75, 3.05) is 14.2 Å². The van der Waals surface area contributed by atoms with E-state index in [0.717, 1.165) is 0 Å². The summed E-state index contributed by atoms with van der Waals surface area (Å²) in [4.78, 5) is 0. The Morgan fingerprint density at radius 1 is 1.40 bits per heavy atom. The van der Waals surface area contributed by atoms with E-state index in [0.29, 0.717) is 12.2 Å². The Kier molecular flexibility index (Phi) is 5.64. The zero-order chi connectivity index (χ0) is 7.98. The fourth-order valence-electron chi connectivity index (χ4n) is 0.818. The highest BCUT2D eigenvalue weighted by Gasteiger charge is 2.32. The largest absolute Gasteiger partial charge is 0.388 e. The Morgan fingerprint density at radius 2 is 1.80 bits per heavy atom. The van der Waals surface area contributed by atoms with E-state index in [1.165, 1.54) is 12.8 Å². The van der Waals surface area contributed by atoms with Crippen LogP contribution in [-0.4, -0.2) is 26.4 Å². The molecule has 0 aromatic rings. The average Bonchev–Trinajstić information content (AvgIpc) is 2.50. The van der Waals surface area contributed by atoms with Gasteiger partial charge in [-0.3, -0.25) is 0 Å². The Labute approximate surface area is 63.5 Å². The first-order valence-electron chi connectivity index (χ1n) is 3.81. The molecule has 0 saturated carbocycles. The van der Waals surface area contributed by atoms with Gasteiger partial charge >= 0.3 is 0 Å². The van der Waals surface area contributed by atoms with E-state index in [2.05, 4.69) is 18.6 Å². The quantitative estimate of drug-likeness (QED) is 0.554. The summed E-state index contributed by atoms with van der Waals surface area (Å²) in [5, 5.41) is 0. The molecule has 1 heterocycles. The Bertz CT molecular complexity index is 73.7. The molecule has 2 nitrogen and oxygen atoms in total. The average molecular weight is 146 g/mol. The van der Waals surface area contributed by atoms with Crippen LogP contribution in [0, 0.1) is 0 Å². The smallest absolute Gasteiger partial charge is 0.0838 e. The lowest BCUT2D eigenvalue weighted by Gasteiger charge is -1.81. The SMILES string of the molecule is CCCC1OC1C.COC. The van der Waals surface area contributed by atoms with E-state index in [9.17, 15) is 0 Å². The van der Waals surface area contributed by atoms with Gasteiger partial charge in [0.05, 0.1) is 12.2 Å². The first-order valence-corrected chi connectivity index (χ1v) is 3.81. The van der Waals surface area contributed by atoms with Gasteiger partial charge in [0.25, 0.3) is 0 Å². The number of rotatable bonds is 2. The van der Waals surface area contributed by atoms with Gasteiger partial charge in [-0.05, 0) is 13.3 Å². The van der Waals surface area contributed by atoms with Gasteiger partial charge in [-0.15, -0.1) is 0 Å². The molecule has 0 aliphatic carbocycles. The number of methoxy groups -OCH3 is 1. The van der Waals surface area contributed by atoms with Crippen molar-refractivity contribution in [3.63, 3.8) is 0 Å². The molecule has 1 aliphatic heterocycles. The summed E-state index contributed by atoms with van der Waals surface area (Å²) in [6.07, 6.45) is 3.70. The maximum absolute atomic E-state index is 5.16. The highest BCUT2D eigenvalue weighted by atomic mass is 16.6. The molecule has 2 atom stereocenters. The lowest BCUT2D eigenvalue weighted by molar-refractivity contribution is 0.277. The van der Waals surface area contributed by atoms with Crippen molar-refractivity contribution in [1.82, 2.24) is 0 Å². The summed E-state index contributed by atoms with van der Waals surface area (Å²) in [6.45, 7) is 4.31. The summed E-state index contributed by atoms with van der Waals surface area (Å²) in [6, 6.07) is 0. The zero-order valence-electron chi connectivity index (χ0n) is 7.39. The van der Waals surface area contributed by atoms with E-state index in [1.54, 1.807) is 14.2 Å². The van der Waals surface area contributed by atoms with Crippen LogP contribution in [0.3, 0.4) is 0 Å². The topological polar surface area (TPSA) is 21.8 Å². The molecule has 10 heavy (non-hydrogen) atoms. The lowest BCUT2D eigenvalue weighted by atomic mass is 10.2. The third kappa shape index (κ3) is 4.77. The first kappa shape index (κ1) is 9.92. The third-order valence-corrected chi connectivity index (χ3v) is 1.41. The Balaban J connectivity index is 0.000000236. The van der Waals surface area contributed by atoms with Crippen LogP contribution in [0.2, 0.25) is 0 Å². The zero-order valence-corrected chi connectivity index (χ0v) is 7.39. The van der Waals surface area contributed by atoms with Crippen LogP contribution in [0.1, 0.15) is 26.7 Å². The molecule has 0 aromatic carbocycles. The Morgan fingerprint density at radius 3 is 1.90 bits per heavy atom. The van der Waals surface area contributed by atoms with Crippen LogP contribution in [0.15, 0.2) is 0 Å². The van der Waals surface area contributed by atoms with E-state index in [-0.39, 0.29) is 0 Å². The van der Waals surface area contributed by atoms with Gasteiger partial charge in [-0.25, -0.2) is 0 Å². The summed E-state index contributed by atoms with van der Waals surface area (Å²) in [7, 11) is 3.25. The van der Waals surface area contributed by atoms with E-state index in [4.69, 9.17) is 4.74 Å². The van der Waals surface area contributed by atoms with Gasteiger partial charge in [-0.1, -0.05) is 13.3 Å². The predicted octanol–water partition coefficient (Wildman–Crippen LogP) is 1.84. The second-order valence-corrected chi connectivity index (χ2v) is 2.58. The minimum Gasteiger partial charge on any atom is -0.388 e. The molecular formula is C8H18O2. The van der Waals surface area contributed by atoms with Gasteiger partial charge in [-0.2, -0.15) is 0 Å². The molecule has 0 aromatic heterocycles. The molecule has 0 bridgehead atoms. The van der Waals surface area contributed by atoms with Crippen molar-refractivity contribution in [1.29, 1.82) is 0 Å². The van der Waals surface area contributed by atoms with Gasteiger partial charge in [0.15, 0.2) is 0 Å². The van der Waals surface area contributed by atoms with Crippen molar-refractivity contribution < 1.29 is 9.47 Å². The van der Waals surface area contributed by atoms with Crippen LogP contribution >= 0.6 is 0 Å². The molecule has 0 radical (unpaired) electrons. The van der Waals surface area contributed by atoms with Crippen LogP contribution in [-0.2, 0) is 9.47 Å². The number of ether oxygens (including phenoxy) is 2. The summed E-state index contributed by atoms with van der Waals surface area (Å²) in [5.74, 6) is 0. The molecule has 0 N–H and O–H groups in total. The number of epoxide rings is 1. The van der Waals surface area contributed by atoms with Gasteiger partial charge in [0, 0.05) is 14.2 Å². The summed E-state index contributed by atoms with van der Waals surface area (Å²) < 4.78 is 9.41. The van der Waals surface area contributed by atoms with Crippen molar-refractivity contribution in [3.05, 3.63) is 0 Å². The van der Waals surface area contributed by atoms with Crippen molar-refractivity contribution in [2.24, 2.45) is 0 Å². The van der Waals surface area contributed by atoms with Gasteiger partial charge < -0.3 is 9.47 Å². The third-order valence-electron chi connectivity index (χ3n) is 1.41. The lowest BCUT2D eigenvalue weighted by Crippen LogP contribution is -1.85. The van der Waals surface area contributed by atoms with Gasteiger partial charge in [0.1, 0.15) is 0 Å². The summed E-state index contributed by atoms with van der Waals surface area (Å²) in [5.41, 5.74) is 0. The van der Waals surface area contributed by atoms with Crippen LogP contribution in [0.5, 0.6) is 0 Å². The molecule has 62 valence electrons. The van der Waals surface area contributed by atoms with Crippen LogP contribution in [0.25, 0.3) is 0 Å². The van der Waals surface area contributed by atoms with Crippen molar-refractivity contribution in [3.8, 4) is 0 Å². The van der Waals surface area contributed by atoms with E-state index < -0.39 is 0 Å². The van der Waals surface area contributed by atoms with Crippen molar-refractivity contribution in [2.45, 2.75) is 38.9 Å². The highest BCUT2D eigenvalue weighted by Crippen LogP contribution is 2.24. The summed E-state index contributed by atoms with van der Waals surface area (Å²) >= 11 is 0.